The third-order valence-electron chi connectivity index (χ3n) is 3.82. The third-order valence-corrected chi connectivity index (χ3v) is 4.63. The number of hydrogen-bond donors (Lipinski definition) is 1. The molecule has 1 aromatic heterocycles. The van der Waals surface area contributed by atoms with E-state index in [4.69, 9.17) is 14.2 Å². The topological polar surface area (TPSA) is 69.7 Å². The van der Waals surface area contributed by atoms with Gasteiger partial charge in [0.25, 0.3) is 0 Å². The minimum atomic E-state index is -0.447. The molecule has 0 saturated carbocycles. The molecule has 140 valence electrons. The average Bonchev–Trinajstić information content (AvgIpc) is 3.14. The molecule has 6 nitrogen and oxygen atoms in total. The van der Waals surface area contributed by atoms with Crippen molar-refractivity contribution in [2.75, 3.05) is 19.5 Å². The van der Waals surface area contributed by atoms with Gasteiger partial charge in [-0.2, -0.15) is 0 Å². The number of thiazole rings is 1. The number of carbonyl (C=O) groups excluding carboxylic acids is 1. The highest BCUT2D eigenvalue weighted by Gasteiger charge is 2.13. The molecule has 0 bridgehead atoms. The van der Waals surface area contributed by atoms with Gasteiger partial charge in [-0.05, 0) is 37.3 Å². The molecule has 0 fully saturated rings. The maximum atomic E-state index is 12.3. The Kier molecular flexibility index (Phi) is 5.93. The van der Waals surface area contributed by atoms with Crippen LogP contribution in [0.4, 0.5) is 10.8 Å². The molecule has 0 unspecified atom stereocenters. The Hall–Kier alpha value is -3.06. The largest absolute Gasteiger partial charge is 0.493 e. The lowest BCUT2D eigenvalue weighted by Gasteiger charge is -2.09. The van der Waals surface area contributed by atoms with Crippen LogP contribution in [0.5, 0.6) is 11.5 Å². The van der Waals surface area contributed by atoms with E-state index in [0.29, 0.717) is 22.8 Å². The number of hydrogen-bond acceptors (Lipinski definition) is 7. The van der Waals surface area contributed by atoms with Crippen molar-refractivity contribution in [3.05, 3.63) is 64.7 Å². The van der Waals surface area contributed by atoms with E-state index in [1.165, 1.54) is 24.0 Å². The standard InChI is InChI=1S/C20H20N2O4S/c1-13-4-7-15(8-5-13)21-20-22-16(12-27-20)11-26-19(23)14-6-9-17(24-2)18(10-14)25-3/h4-10,12H,11H2,1-3H3,(H,21,22). The summed E-state index contributed by atoms with van der Waals surface area (Å²) < 4.78 is 15.7. The van der Waals surface area contributed by atoms with Gasteiger partial charge in [0.05, 0.1) is 25.5 Å². The molecule has 1 N–H and O–H groups in total. The van der Waals surface area contributed by atoms with Crippen LogP contribution < -0.4 is 14.8 Å². The summed E-state index contributed by atoms with van der Waals surface area (Å²) in [4.78, 5) is 16.7. The fraction of sp³-hybridized carbons (Fsp3) is 0.200. The Balaban J connectivity index is 1.59. The van der Waals surface area contributed by atoms with Gasteiger partial charge >= 0.3 is 5.97 Å². The van der Waals surface area contributed by atoms with E-state index < -0.39 is 5.97 Å². The predicted octanol–water partition coefficient (Wildman–Crippen LogP) is 4.57. The summed E-state index contributed by atoms with van der Waals surface area (Å²) in [6.45, 7) is 2.14. The molecule has 2 aromatic carbocycles. The Bertz CT molecular complexity index is 922. The first-order valence-corrected chi connectivity index (χ1v) is 9.14. The Morgan fingerprint density at radius 3 is 2.52 bits per heavy atom. The summed E-state index contributed by atoms with van der Waals surface area (Å²) in [5.74, 6) is 0.586. The number of esters is 1. The Morgan fingerprint density at radius 1 is 1.07 bits per heavy atom. The van der Waals surface area contributed by atoms with Gasteiger partial charge in [0, 0.05) is 11.1 Å². The van der Waals surface area contributed by atoms with Crippen LogP contribution in [0.3, 0.4) is 0 Å². The van der Waals surface area contributed by atoms with Gasteiger partial charge in [-0.1, -0.05) is 17.7 Å². The monoisotopic (exact) mass is 384 g/mol. The molecule has 7 heteroatoms. The quantitative estimate of drug-likeness (QED) is 0.602. The van der Waals surface area contributed by atoms with E-state index in [1.54, 1.807) is 25.3 Å². The van der Waals surface area contributed by atoms with Gasteiger partial charge in [0.2, 0.25) is 0 Å². The lowest BCUT2D eigenvalue weighted by atomic mass is 10.2. The second-order valence-corrected chi connectivity index (χ2v) is 6.64. The van der Waals surface area contributed by atoms with Crippen LogP contribution in [0.15, 0.2) is 47.8 Å². The van der Waals surface area contributed by atoms with E-state index in [0.717, 1.165) is 10.8 Å². The normalized spacial score (nSPS) is 10.3. The van der Waals surface area contributed by atoms with Gasteiger partial charge in [-0.25, -0.2) is 9.78 Å². The molecule has 0 saturated heterocycles. The van der Waals surface area contributed by atoms with Crippen molar-refractivity contribution < 1.29 is 19.0 Å². The molecule has 0 atom stereocenters. The first-order valence-electron chi connectivity index (χ1n) is 8.26. The van der Waals surface area contributed by atoms with Crippen molar-refractivity contribution >= 4 is 28.1 Å². The lowest BCUT2D eigenvalue weighted by Crippen LogP contribution is -2.06. The highest BCUT2D eigenvalue weighted by Crippen LogP contribution is 2.28. The molecule has 0 aliphatic heterocycles. The first-order chi connectivity index (χ1) is 13.1. The highest BCUT2D eigenvalue weighted by atomic mass is 32.1. The van der Waals surface area contributed by atoms with Gasteiger partial charge in [-0.3, -0.25) is 0 Å². The van der Waals surface area contributed by atoms with Crippen molar-refractivity contribution in [2.24, 2.45) is 0 Å². The molecular formula is C20H20N2O4S. The Labute approximate surface area is 161 Å². The molecule has 3 aromatic rings. The molecule has 27 heavy (non-hydrogen) atoms. The van der Waals surface area contributed by atoms with Crippen molar-refractivity contribution in [3.63, 3.8) is 0 Å². The maximum absolute atomic E-state index is 12.3. The van der Waals surface area contributed by atoms with Crippen LogP contribution in [0.1, 0.15) is 21.6 Å². The smallest absolute Gasteiger partial charge is 0.338 e. The number of carbonyl (C=O) groups is 1. The number of methoxy groups -OCH3 is 2. The van der Waals surface area contributed by atoms with Crippen LogP contribution in [0.2, 0.25) is 0 Å². The molecule has 0 aliphatic rings. The zero-order chi connectivity index (χ0) is 19.2. The van der Waals surface area contributed by atoms with Gasteiger partial charge in [-0.15, -0.1) is 11.3 Å². The van der Waals surface area contributed by atoms with Crippen molar-refractivity contribution in [2.45, 2.75) is 13.5 Å². The number of aryl methyl sites for hydroxylation is 1. The van der Waals surface area contributed by atoms with Crippen molar-refractivity contribution in [1.82, 2.24) is 4.98 Å². The number of nitrogens with one attached hydrogen (secondary N) is 1. The van der Waals surface area contributed by atoms with Gasteiger partial charge in [0.15, 0.2) is 16.6 Å². The summed E-state index contributed by atoms with van der Waals surface area (Å²) in [5, 5.41) is 5.84. The number of rotatable bonds is 7. The number of benzene rings is 2. The number of ether oxygens (including phenoxy) is 3. The van der Waals surface area contributed by atoms with Crippen molar-refractivity contribution in [3.8, 4) is 11.5 Å². The summed E-state index contributed by atoms with van der Waals surface area (Å²) >= 11 is 1.46. The van der Waals surface area contributed by atoms with E-state index in [2.05, 4.69) is 10.3 Å². The first kappa shape index (κ1) is 18.7. The molecule has 0 radical (unpaired) electrons. The highest BCUT2D eigenvalue weighted by molar-refractivity contribution is 7.13. The maximum Gasteiger partial charge on any atom is 0.338 e. The van der Waals surface area contributed by atoms with Crippen LogP contribution in [-0.4, -0.2) is 25.2 Å². The molecular weight excluding hydrogens is 364 g/mol. The third kappa shape index (κ3) is 4.77. The predicted molar refractivity (Wildman–Crippen MR) is 105 cm³/mol. The summed E-state index contributed by atoms with van der Waals surface area (Å²) in [7, 11) is 3.06. The summed E-state index contributed by atoms with van der Waals surface area (Å²) in [6.07, 6.45) is 0. The number of nitrogens with zero attached hydrogens (tertiary/aromatic N) is 1. The van der Waals surface area contributed by atoms with Gasteiger partial charge in [0.1, 0.15) is 6.61 Å². The molecule has 0 aliphatic carbocycles. The number of anilines is 2. The summed E-state index contributed by atoms with van der Waals surface area (Å²) in [5.41, 5.74) is 3.23. The van der Waals surface area contributed by atoms with E-state index in [9.17, 15) is 4.79 Å². The lowest BCUT2D eigenvalue weighted by molar-refractivity contribution is 0.0468. The molecule has 1 heterocycles. The van der Waals surface area contributed by atoms with Gasteiger partial charge < -0.3 is 19.5 Å². The zero-order valence-electron chi connectivity index (χ0n) is 15.3. The van der Waals surface area contributed by atoms with Crippen LogP contribution in [0, 0.1) is 6.92 Å². The Morgan fingerprint density at radius 2 is 1.81 bits per heavy atom. The molecule has 0 spiro atoms. The minimum absolute atomic E-state index is 0.0965. The van der Waals surface area contributed by atoms with E-state index in [1.807, 2.05) is 36.6 Å². The minimum Gasteiger partial charge on any atom is -0.493 e. The van der Waals surface area contributed by atoms with E-state index in [-0.39, 0.29) is 6.61 Å². The van der Waals surface area contributed by atoms with Crippen LogP contribution >= 0.6 is 11.3 Å². The van der Waals surface area contributed by atoms with Crippen LogP contribution in [-0.2, 0) is 11.3 Å². The molecule has 0 amide bonds. The van der Waals surface area contributed by atoms with E-state index >= 15 is 0 Å². The second-order valence-electron chi connectivity index (χ2n) is 5.78. The summed E-state index contributed by atoms with van der Waals surface area (Å²) in [6, 6.07) is 12.9. The zero-order valence-corrected chi connectivity index (χ0v) is 16.1. The van der Waals surface area contributed by atoms with Crippen molar-refractivity contribution in [1.29, 1.82) is 0 Å². The molecule has 3 rings (SSSR count). The average molecular weight is 384 g/mol. The fourth-order valence-electron chi connectivity index (χ4n) is 2.38. The second kappa shape index (κ2) is 8.55. The fourth-order valence-corrected chi connectivity index (χ4v) is 3.09. The number of aromatic nitrogens is 1. The SMILES string of the molecule is COc1ccc(C(=O)OCc2csc(Nc3ccc(C)cc3)n2)cc1OC. The van der Waals surface area contributed by atoms with Crippen LogP contribution in [0.25, 0.3) is 0 Å².